The molecule has 1 aliphatic heterocycles. The molecule has 0 saturated carbocycles. The van der Waals surface area contributed by atoms with Crippen LogP contribution in [0.4, 0.5) is 4.79 Å². The Morgan fingerprint density at radius 3 is 2.67 bits per heavy atom. The molecule has 0 radical (unpaired) electrons. The third-order valence-corrected chi connectivity index (χ3v) is 7.75. The minimum Gasteiger partial charge on any atom is -0.444 e. The Morgan fingerprint density at radius 2 is 1.90 bits per heavy atom. The van der Waals surface area contributed by atoms with Gasteiger partial charge in [0.15, 0.2) is 0 Å². The fourth-order valence-electron chi connectivity index (χ4n) is 5.59. The van der Waals surface area contributed by atoms with E-state index in [0.717, 1.165) is 48.2 Å². The molecule has 2 atom stereocenters. The number of ether oxygens (including phenoxy) is 1. The fourth-order valence-corrected chi connectivity index (χ4v) is 5.88. The van der Waals surface area contributed by atoms with E-state index in [-0.39, 0.29) is 18.5 Å². The zero-order chi connectivity index (χ0) is 28.3. The Hall–Kier alpha value is -3.43. The molecule has 1 fully saturated rings. The van der Waals surface area contributed by atoms with Crippen LogP contribution in [0.3, 0.4) is 0 Å². The van der Waals surface area contributed by atoms with Crippen molar-refractivity contribution in [2.75, 3.05) is 26.2 Å². The van der Waals surface area contributed by atoms with Crippen molar-refractivity contribution in [2.45, 2.75) is 64.3 Å². The molecule has 212 valence electrons. The lowest BCUT2D eigenvalue weighted by molar-refractivity contribution is -0.129. The molecule has 2 aromatic heterocycles. The molecule has 3 aromatic rings. The van der Waals surface area contributed by atoms with Crippen LogP contribution in [0.2, 0.25) is 5.02 Å². The summed E-state index contributed by atoms with van der Waals surface area (Å²) in [5, 5.41) is 3.79. The van der Waals surface area contributed by atoms with Gasteiger partial charge in [-0.2, -0.15) is 0 Å². The molecule has 1 aliphatic carbocycles. The van der Waals surface area contributed by atoms with Crippen molar-refractivity contribution < 1.29 is 14.3 Å². The lowest BCUT2D eigenvalue weighted by atomic mass is 9.94. The quantitative estimate of drug-likeness (QED) is 0.450. The minimum absolute atomic E-state index is 0.130. The van der Waals surface area contributed by atoms with Gasteiger partial charge in [0.1, 0.15) is 11.6 Å². The number of nitrogens with zero attached hydrogens (tertiary/aromatic N) is 5. The maximum absolute atomic E-state index is 13.9. The van der Waals surface area contributed by atoms with Crippen molar-refractivity contribution in [1.82, 2.24) is 29.7 Å². The summed E-state index contributed by atoms with van der Waals surface area (Å²) < 4.78 is 7.65. The van der Waals surface area contributed by atoms with Crippen LogP contribution in [0.1, 0.15) is 55.6 Å². The second kappa shape index (κ2) is 12.0. The van der Waals surface area contributed by atoms with Crippen molar-refractivity contribution in [1.29, 1.82) is 0 Å². The normalized spacial score (nSPS) is 19.4. The predicted molar refractivity (Wildman–Crippen MR) is 153 cm³/mol. The van der Waals surface area contributed by atoms with Gasteiger partial charge in [0, 0.05) is 56.3 Å². The SMILES string of the molecule is CC(C)(C)OC(=O)N1CCN(C2c3ncccc3CCc3cccc(Cl)c32)[C@@H](C(=O)NCCCn2ccnc2)C1. The summed E-state index contributed by atoms with van der Waals surface area (Å²) in [5.74, 6) is -0.130. The number of nitrogens with one attached hydrogen (secondary N) is 1. The van der Waals surface area contributed by atoms with E-state index < -0.39 is 17.7 Å². The molecule has 10 heteroatoms. The van der Waals surface area contributed by atoms with E-state index in [1.807, 2.05) is 49.7 Å². The molecule has 1 aromatic carbocycles. The molecule has 3 heterocycles. The van der Waals surface area contributed by atoms with Gasteiger partial charge in [0.25, 0.3) is 0 Å². The molecule has 1 unspecified atom stereocenters. The molecule has 5 rings (SSSR count). The minimum atomic E-state index is -0.629. The zero-order valence-electron chi connectivity index (χ0n) is 23.3. The summed E-state index contributed by atoms with van der Waals surface area (Å²) in [6, 6.07) is 9.13. The van der Waals surface area contributed by atoms with E-state index in [4.69, 9.17) is 21.3 Å². The number of pyridine rings is 1. The first-order chi connectivity index (χ1) is 19.2. The number of carbonyl (C=O) groups excluding carboxylic acids is 2. The third-order valence-electron chi connectivity index (χ3n) is 7.42. The number of aromatic nitrogens is 3. The highest BCUT2D eigenvalue weighted by Gasteiger charge is 2.42. The summed E-state index contributed by atoms with van der Waals surface area (Å²) in [6.45, 7) is 7.90. The van der Waals surface area contributed by atoms with Gasteiger partial charge in [0.05, 0.1) is 18.1 Å². The van der Waals surface area contributed by atoms with Crippen molar-refractivity contribution in [3.05, 3.63) is 82.7 Å². The highest BCUT2D eigenvalue weighted by atomic mass is 35.5. The largest absolute Gasteiger partial charge is 0.444 e. The van der Waals surface area contributed by atoms with Crippen molar-refractivity contribution in [3.63, 3.8) is 0 Å². The van der Waals surface area contributed by atoms with E-state index in [0.29, 0.717) is 24.7 Å². The third kappa shape index (κ3) is 6.31. The maximum Gasteiger partial charge on any atom is 0.410 e. The summed E-state index contributed by atoms with van der Waals surface area (Å²) in [6.07, 6.45) is 9.24. The second-order valence-corrected chi connectivity index (χ2v) is 11.8. The first kappa shape index (κ1) is 28.1. The van der Waals surface area contributed by atoms with Crippen LogP contribution in [-0.2, 0) is 28.9 Å². The number of halogens is 1. The Labute approximate surface area is 240 Å². The number of hydrogen-bond donors (Lipinski definition) is 1. The van der Waals surface area contributed by atoms with Crippen molar-refractivity contribution in [2.24, 2.45) is 0 Å². The Bertz CT molecular complexity index is 1340. The first-order valence-electron chi connectivity index (χ1n) is 13.9. The monoisotopic (exact) mass is 564 g/mol. The molecule has 9 nitrogen and oxygen atoms in total. The van der Waals surface area contributed by atoms with Gasteiger partial charge in [-0.3, -0.25) is 14.7 Å². The number of hydrogen-bond acceptors (Lipinski definition) is 6. The van der Waals surface area contributed by atoms with Gasteiger partial charge in [-0.25, -0.2) is 9.78 Å². The van der Waals surface area contributed by atoms with Gasteiger partial charge < -0.3 is 19.5 Å². The van der Waals surface area contributed by atoms with Gasteiger partial charge >= 0.3 is 6.09 Å². The number of imidazole rings is 1. The van der Waals surface area contributed by atoms with Gasteiger partial charge in [-0.1, -0.05) is 29.8 Å². The predicted octanol–water partition coefficient (Wildman–Crippen LogP) is 4.25. The molecule has 1 N–H and O–H groups in total. The fraction of sp³-hybridized carbons (Fsp3) is 0.467. The van der Waals surface area contributed by atoms with E-state index in [2.05, 4.69) is 27.3 Å². The van der Waals surface area contributed by atoms with E-state index >= 15 is 0 Å². The molecular formula is C30H37ClN6O3. The van der Waals surface area contributed by atoms with Crippen LogP contribution < -0.4 is 5.32 Å². The van der Waals surface area contributed by atoms with Gasteiger partial charge in [-0.15, -0.1) is 0 Å². The summed E-state index contributed by atoms with van der Waals surface area (Å²) in [5.41, 5.74) is 3.58. The molecular weight excluding hydrogens is 528 g/mol. The highest BCUT2D eigenvalue weighted by molar-refractivity contribution is 6.31. The Morgan fingerprint density at radius 1 is 1.10 bits per heavy atom. The molecule has 0 spiro atoms. The Balaban J connectivity index is 1.45. The van der Waals surface area contributed by atoms with Crippen LogP contribution >= 0.6 is 11.6 Å². The number of aryl methyl sites for hydroxylation is 3. The van der Waals surface area contributed by atoms with Crippen LogP contribution in [0.25, 0.3) is 0 Å². The average molecular weight is 565 g/mol. The van der Waals surface area contributed by atoms with Gasteiger partial charge in [0.2, 0.25) is 5.91 Å². The number of fused-ring (bicyclic) bond motifs is 2. The van der Waals surface area contributed by atoms with Crippen LogP contribution in [0.5, 0.6) is 0 Å². The second-order valence-electron chi connectivity index (χ2n) is 11.4. The average Bonchev–Trinajstić information content (AvgIpc) is 3.38. The number of benzene rings is 1. The molecule has 2 amide bonds. The summed E-state index contributed by atoms with van der Waals surface area (Å²) in [4.78, 5) is 39.7. The standard InChI is InChI=1S/C30H37ClN6O3/c1-30(2,3)40-29(39)36-17-18-37(24(19-36)28(38)34-13-6-15-35-16-14-32-20-35)27-25-21(7-4-9-23(25)31)10-11-22-8-5-12-33-26(22)27/h4-5,7-9,12,14,16,20,24,27H,6,10-11,13,15,17-19H2,1-3H3,(H,34,38)/t24-,27?/m1/s1. The van der Waals surface area contributed by atoms with E-state index in [1.54, 1.807) is 23.6 Å². The number of amides is 2. The van der Waals surface area contributed by atoms with Crippen LogP contribution in [0.15, 0.2) is 55.2 Å². The summed E-state index contributed by atoms with van der Waals surface area (Å²) >= 11 is 6.88. The number of carbonyl (C=O) groups is 2. The lowest BCUT2D eigenvalue weighted by Gasteiger charge is -2.44. The topological polar surface area (TPSA) is 92.6 Å². The van der Waals surface area contributed by atoms with Crippen LogP contribution in [-0.4, -0.2) is 74.2 Å². The smallest absolute Gasteiger partial charge is 0.410 e. The van der Waals surface area contributed by atoms with Crippen molar-refractivity contribution >= 4 is 23.6 Å². The zero-order valence-corrected chi connectivity index (χ0v) is 24.1. The maximum atomic E-state index is 13.9. The molecule has 0 bridgehead atoms. The number of rotatable bonds is 6. The first-order valence-corrected chi connectivity index (χ1v) is 14.3. The van der Waals surface area contributed by atoms with E-state index in [9.17, 15) is 9.59 Å². The molecule has 2 aliphatic rings. The van der Waals surface area contributed by atoms with Gasteiger partial charge in [-0.05, 0) is 68.9 Å². The van der Waals surface area contributed by atoms with Crippen molar-refractivity contribution in [3.8, 4) is 0 Å². The number of piperazine rings is 1. The molecule has 40 heavy (non-hydrogen) atoms. The Kier molecular flexibility index (Phi) is 8.42. The highest BCUT2D eigenvalue weighted by Crippen LogP contribution is 2.41. The lowest BCUT2D eigenvalue weighted by Crippen LogP contribution is -2.61. The molecule has 1 saturated heterocycles. The summed E-state index contributed by atoms with van der Waals surface area (Å²) in [7, 11) is 0. The van der Waals surface area contributed by atoms with Crippen LogP contribution in [0, 0.1) is 0 Å². The van der Waals surface area contributed by atoms with E-state index in [1.165, 1.54) is 0 Å².